The minimum absolute atomic E-state index is 0.0514. The first-order chi connectivity index (χ1) is 9.70. The molecule has 1 aromatic rings. The van der Waals surface area contributed by atoms with Gasteiger partial charge < -0.3 is 15.5 Å². The normalized spacial score (nSPS) is 11.1. The number of rotatable bonds is 5. The molecule has 0 heterocycles. The Morgan fingerprint density at radius 3 is 2.48 bits per heavy atom. The van der Waals surface area contributed by atoms with Crippen LogP contribution in [0.2, 0.25) is 0 Å². The molecule has 5 nitrogen and oxygen atoms in total. The summed E-state index contributed by atoms with van der Waals surface area (Å²) in [6, 6.07) is 5.97. The van der Waals surface area contributed by atoms with Crippen LogP contribution >= 0.6 is 0 Å². The summed E-state index contributed by atoms with van der Waals surface area (Å²) in [7, 11) is 3.24. The molecule has 21 heavy (non-hydrogen) atoms. The number of likely N-dealkylation sites (N-methyl/N-ethyl adjacent to an activating group) is 1. The third-order valence-electron chi connectivity index (χ3n) is 2.55. The van der Waals surface area contributed by atoms with Crippen LogP contribution in [0.4, 0.5) is 18.9 Å². The fourth-order valence-corrected chi connectivity index (χ4v) is 1.43. The molecule has 1 rings (SSSR count). The second-order valence-electron chi connectivity index (χ2n) is 4.54. The first-order valence-corrected chi connectivity index (χ1v) is 6.08. The van der Waals surface area contributed by atoms with Gasteiger partial charge in [0.05, 0.1) is 6.54 Å². The minimum atomic E-state index is -4.92. The predicted octanol–water partition coefficient (Wildman–Crippen LogP) is 1.37. The van der Waals surface area contributed by atoms with Crippen molar-refractivity contribution >= 4 is 17.5 Å². The number of hydrogen-bond acceptors (Lipinski definition) is 3. The fourth-order valence-electron chi connectivity index (χ4n) is 1.43. The van der Waals surface area contributed by atoms with Crippen LogP contribution in [0.25, 0.3) is 0 Å². The smallest absolute Gasteiger partial charge is 0.348 e. The first kappa shape index (κ1) is 17.0. The highest BCUT2D eigenvalue weighted by Crippen LogP contribution is 2.18. The largest absolute Gasteiger partial charge is 0.471 e. The molecule has 0 aliphatic rings. The van der Waals surface area contributed by atoms with Crippen LogP contribution in [-0.4, -0.2) is 43.5 Å². The van der Waals surface area contributed by atoms with E-state index in [9.17, 15) is 22.8 Å². The average Bonchev–Trinajstić information content (AvgIpc) is 2.37. The van der Waals surface area contributed by atoms with Gasteiger partial charge in [-0.25, -0.2) is 0 Å². The number of alkyl halides is 3. The zero-order chi connectivity index (χ0) is 16.0. The van der Waals surface area contributed by atoms with Crippen molar-refractivity contribution in [3.8, 4) is 0 Å². The van der Waals surface area contributed by atoms with Crippen LogP contribution < -0.4 is 10.6 Å². The van der Waals surface area contributed by atoms with E-state index >= 15 is 0 Å². The second-order valence-corrected chi connectivity index (χ2v) is 4.54. The number of amides is 2. The maximum absolute atomic E-state index is 12.1. The van der Waals surface area contributed by atoms with Gasteiger partial charge in [0.1, 0.15) is 0 Å². The molecule has 2 N–H and O–H groups in total. The van der Waals surface area contributed by atoms with E-state index in [2.05, 4.69) is 5.32 Å². The summed E-state index contributed by atoms with van der Waals surface area (Å²) in [6.07, 6.45) is -4.92. The quantitative estimate of drug-likeness (QED) is 0.863. The van der Waals surface area contributed by atoms with E-state index in [1.54, 1.807) is 25.5 Å². The molecule has 1 aromatic carbocycles. The maximum Gasteiger partial charge on any atom is 0.471 e. The average molecular weight is 303 g/mol. The highest BCUT2D eigenvalue weighted by atomic mass is 19.4. The van der Waals surface area contributed by atoms with E-state index in [0.29, 0.717) is 12.1 Å². The summed E-state index contributed by atoms with van der Waals surface area (Å²) >= 11 is 0. The van der Waals surface area contributed by atoms with Crippen molar-refractivity contribution in [2.75, 3.05) is 26.0 Å². The number of benzene rings is 1. The summed E-state index contributed by atoms with van der Waals surface area (Å²) in [5.74, 6) is -2.13. The minimum Gasteiger partial charge on any atom is -0.348 e. The molecule has 116 valence electrons. The number of carbonyl (C=O) groups is 2. The predicted molar refractivity (Wildman–Crippen MR) is 71.5 cm³/mol. The van der Waals surface area contributed by atoms with Gasteiger partial charge in [0.15, 0.2) is 0 Å². The molecule has 0 bridgehead atoms. The molecule has 2 amide bonds. The summed E-state index contributed by atoms with van der Waals surface area (Å²) in [6.45, 7) is 0.418. The number of nitrogens with zero attached hydrogens (tertiary/aromatic N) is 1. The highest BCUT2D eigenvalue weighted by molar-refractivity contribution is 5.94. The zero-order valence-electron chi connectivity index (χ0n) is 11.6. The Hall–Kier alpha value is -2.09. The Kier molecular flexibility index (Phi) is 5.71. The Morgan fingerprint density at radius 1 is 1.24 bits per heavy atom. The third-order valence-corrected chi connectivity index (χ3v) is 2.55. The monoisotopic (exact) mass is 303 g/mol. The number of halogens is 3. The lowest BCUT2D eigenvalue weighted by molar-refractivity contribution is -0.167. The Morgan fingerprint density at radius 2 is 1.90 bits per heavy atom. The number of anilines is 1. The van der Waals surface area contributed by atoms with Gasteiger partial charge in [0.25, 0.3) is 0 Å². The van der Waals surface area contributed by atoms with Crippen LogP contribution in [0, 0.1) is 0 Å². The Bertz CT molecular complexity index is 516. The van der Waals surface area contributed by atoms with E-state index < -0.39 is 12.1 Å². The summed E-state index contributed by atoms with van der Waals surface area (Å²) < 4.78 is 36.4. The number of carbonyl (C=O) groups excluding carboxylic acids is 2. The molecular weight excluding hydrogens is 287 g/mol. The second kappa shape index (κ2) is 7.07. The Balaban J connectivity index is 2.57. The third kappa shape index (κ3) is 5.82. The molecule has 0 spiro atoms. The van der Waals surface area contributed by atoms with E-state index in [-0.39, 0.29) is 18.1 Å². The van der Waals surface area contributed by atoms with Crippen molar-refractivity contribution in [1.29, 1.82) is 0 Å². The van der Waals surface area contributed by atoms with E-state index in [1.165, 1.54) is 23.1 Å². The van der Waals surface area contributed by atoms with E-state index in [0.717, 1.165) is 0 Å². The van der Waals surface area contributed by atoms with Crippen LogP contribution in [0.15, 0.2) is 24.3 Å². The van der Waals surface area contributed by atoms with Crippen molar-refractivity contribution in [2.24, 2.45) is 0 Å². The van der Waals surface area contributed by atoms with Crippen molar-refractivity contribution in [1.82, 2.24) is 10.2 Å². The fraction of sp³-hybridized carbons (Fsp3) is 0.385. The lowest BCUT2D eigenvalue weighted by Gasteiger charge is -2.12. The molecule has 0 radical (unpaired) electrons. The summed E-state index contributed by atoms with van der Waals surface area (Å²) in [5.41, 5.74) is 0.706. The summed E-state index contributed by atoms with van der Waals surface area (Å²) in [5, 5.41) is 4.64. The van der Waals surface area contributed by atoms with Crippen LogP contribution in [0.3, 0.4) is 0 Å². The van der Waals surface area contributed by atoms with E-state index in [1.807, 2.05) is 0 Å². The van der Waals surface area contributed by atoms with Gasteiger partial charge in [-0.1, -0.05) is 12.1 Å². The van der Waals surface area contributed by atoms with Gasteiger partial charge >= 0.3 is 12.1 Å². The van der Waals surface area contributed by atoms with Crippen molar-refractivity contribution < 1.29 is 22.8 Å². The number of nitrogens with one attached hydrogen (secondary N) is 2. The molecule has 0 aliphatic heterocycles. The van der Waals surface area contributed by atoms with Gasteiger partial charge in [0.2, 0.25) is 5.91 Å². The standard InChI is InChI=1S/C13H16F3N3O2/c1-19(2)11(20)8-17-7-9-4-3-5-10(6-9)18-12(21)13(14,15)16/h3-6,17H,7-8H2,1-2H3,(H,18,21). The van der Waals surface area contributed by atoms with Gasteiger partial charge in [-0.2, -0.15) is 13.2 Å². The van der Waals surface area contributed by atoms with Gasteiger partial charge in [0, 0.05) is 26.3 Å². The highest BCUT2D eigenvalue weighted by Gasteiger charge is 2.38. The first-order valence-electron chi connectivity index (χ1n) is 6.08. The number of hydrogen-bond donors (Lipinski definition) is 2. The van der Waals surface area contributed by atoms with Gasteiger partial charge in [-0.15, -0.1) is 0 Å². The Labute approximate surface area is 120 Å². The molecule has 0 aliphatic carbocycles. The maximum atomic E-state index is 12.1. The van der Waals surface area contributed by atoms with Crippen molar-refractivity contribution in [2.45, 2.75) is 12.7 Å². The van der Waals surface area contributed by atoms with E-state index in [4.69, 9.17) is 0 Å². The molecule has 0 unspecified atom stereocenters. The molecule has 8 heteroatoms. The lowest BCUT2D eigenvalue weighted by atomic mass is 10.2. The van der Waals surface area contributed by atoms with Crippen molar-refractivity contribution in [3.63, 3.8) is 0 Å². The van der Waals surface area contributed by atoms with Crippen LogP contribution in [-0.2, 0) is 16.1 Å². The molecule has 0 atom stereocenters. The lowest BCUT2D eigenvalue weighted by Crippen LogP contribution is -2.32. The molecule has 0 aromatic heterocycles. The zero-order valence-corrected chi connectivity index (χ0v) is 11.6. The molecule has 0 saturated heterocycles. The summed E-state index contributed by atoms with van der Waals surface area (Å²) in [4.78, 5) is 23.6. The van der Waals surface area contributed by atoms with Crippen molar-refractivity contribution in [3.05, 3.63) is 29.8 Å². The topological polar surface area (TPSA) is 61.4 Å². The molecular formula is C13H16F3N3O2. The van der Waals surface area contributed by atoms with Crippen LogP contribution in [0.5, 0.6) is 0 Å². The molecule has 0 saturated carbocycles. The van der Waals surface area contributed by atoms with Gasteiger partial charge in [-0.05, 0) is 17.7 Å². The SMILES string of the molecule is CN(C)C(=O)CNCc1cccc(NC(=O)C(F)(F)F)c1. The molecule has 0 fully saturated rings. The van der Waals surface area contributed by atoms with Gasteiger partial charge in [-0.3, -0.25) is 9.59 Å². The van der Waals surface area contributed by atoms with Crippen LogP contribution in [0.1, 0.15) is 5.56 Å².